The van der Waals surface area contributed by atoms with E-state index in [2.05, 4.69) is 15.2 Å². The van der Waals surface area contributed by atoms with E-state index in [-0.39, 0.29) is 5.56 Å². The van der Waals surface area contributed by atoms with Crippen LogP contribution in [0.25, 0.3) is 5.57 Å². The zero-order valence-corrected chi connectivity index (χ0v) is 18.7. The molecule has 0 fully saturated rings. The van der Waals surface area contributed by atoms with Gasteiger partial charge < -0.3 is 10.2 Å². The number of aromatic nitrogens is 1. The standard InChI is InChI=1S/C22H17FIN3O2S/c23-18-2-1-3-19(24)20(18)21(29)26-16-6-4-14(5-7-16)17-12-27(10-8-15(17)13-28)22-25-9-11-30-22/h1-7,9,11,13H,8,10,12H2,(H,26,29). The van der Waals surface area contributed by atoms with Gasteiger partial charge in [0.1, 0.15) is 12.1 Å². The van der Waals surface area contributed by atoms with E-state index in [9.17, 15) is 14.0 Å². The number of anilines is 2. The van der Waals surface area contributed by atoms with Gasteiger partial charge in [0.15, 0.2) is 5.13 Å². The molecule has 0 bridgehead atoms. The topological polar surface area (TPSA) is 62.3 Å². The lowest BCUT2D eigenvalue weighted by atomic mass is 9.94. The molecular weight excluding hydrogens is 516 g/mol. The second-order valence-corrected chi connectivity index (χ2v) is 8.77. The minimum Gasteiger partial charge on any atom is -0.343 e. The fourth-order valence-corrected chi connectivity index (χ4v) is 4.76. The number of amides is 1. The van der Waals surface area contributed by atoms with E-state index in [1.165, 1.54) is 6.07 Å². The van der Waals surface area contributed by atoms with Crippen molar-refractivity contribution >= 4 is 62.5 Å². The van der Waals surface area contributed by atoms with Gasteiger partial charge in [0.25, 0.3) is 5.91 Å². The summed E-state index contributed by atoms with van der Waals surface area (Å²) >= 11 is 3.51. The average Bonchev–Trinajstić information content (AvgIpc) is 3.29. The van der Waals surface area contributed by atoms with Gasteiger partial charge in [0, 0.05) is 33.9 Å². The molecule has 1 N–H and O–H groups in total. The fourth-order valence-electron chi connectivity index (χ4n) is 3.38. The van der Waals surface area contributed by atoms with Gasteiger partial charge in [0.05, 0.1) is 5.56 Å². The predicted octanol–water partition coefficient (Wildman–Crippen LogP) is 5.00. The highest BCUT2D eigenvalue weighted by Gasteiger charge is 2.22. The number of rotatable bonds is 5. The molecule has 1 aromatic heterocycles. The Kier molecular flexibility index (Phi) is 6.24. The van der Waals surface area contributed by atoms with Gasteiger partial charge in [0.2, 0.25) is 0 Å². The summed E-state index contributed by atoms with van der Waals surface area (Å²) in [6, 6.07) is 11.8. The molecule has 152 valence electrons. The second-order valence-electron chi connectivity index (χ2n) is 6.74. The number of hydrogen-bond donors (Lipinski definition) is 1. The van der Waals surface area contributed by atoms with Crippen molar-refractivity contribution in [2.24, 2.45) is 0 Å². The Hall–Kier alpha value is -2.59. The van der Waals surface area contributed by atoms with Crippen LogP contribution in [0.5, 0.6) is 0 Å². The molecule has 1 aliphatic rings. The first-order valence-electron chi connectivity index (χ1n) is 9.24. The lowest BCUT2D eigenvalue weighted by molar-refractivity contribution is -0.105. The Balaban J connectivity index is 1.54. The van der Waals surface area contributed by atoms with E-state index >= 15 is 0 Å². The molecule has 1 aliphatic heterocycles. The first-order chi connectivity index (χ1) is 14.6. The van der Waals surface area contributed by atoms with Gasteiger partial charge in [-0.25, -0.2) is 9.37 Å². The van der Waals surface area contributed by atoms with E-state index < -0.39 is 11.7 Å². The quantitative estimate of drug-likeness (QED) is 0.371. The maximum atomic E-state index is 14.0. The lowest BCUT2D eigenvalue weighted by Crippen LogP contribution is -2.31. The number of hydrogen-bond acceptors (Lipinski definition) is 5. The Bertz CT molecular complexity index is 1090. The third-order valence-electron chi connectivity index (χ3n) is 4.90. The Labute approximate surface area is 190 Å². The number of thiazole rings is 1. The maximum absolute atomic E-state index is 14.0. The molecule has 0 radical (unpaired) electrons. The number of benzene rings is 2. The summed E-state index contributed by atoms with van der Waals surface area (Å²) < 4.78 is 14.6. The molecule has 5 nitrogen and oxygen atoms in total. The van der Waals surface area contributed by atoms with E-state index in [0.29, 0.717) is 22.2 Å². The van der Waals surface area contributed by atoms with Crippen LogP contribution in [0.4, 0.5) is 15.2 Å². The van der Waals surface area contributed by atoms with Crippen LogP contribution in [-0.2, 0) is 4.79 Å². The maximum Gasteiger partial charge on any atom is 0.259 e. The van der Waals surface area contributed by atoms with Gasteiger partial charge in [-0.05, 0) is 70.0 Å². The summed E-state index contributed by atoms with van der Waals surface area (Å²) in [6.07, 6.45) is 3.35. The van der Waals surface area contributed by atoms with Crippen LogP contribution in [0.1, 0.15) is 22.3 Å². The predicted molar refractivity (Wildman–Crippen MR) is 125 cm³/mol. The minimum absolute atomic E-state index is 0.0273. The van der Waals surface area contributed by atoms with Crippen LogP contribution in [-0.4, -0.2) is 30.3 Å². The van der Waals surface area contributed by atoms with Crippen LogP contribution in [0, 0.1) is 9.39 Å². The molecule has 0 unspecified atom stereocenters. The first-order valence-corrected chi connectivity index (χ1v) is 11.2. The fraction of sp³-hybridized carbons (Fsp3) is 0.136. The molecule has 1 amide bonds. The summed E-state index contributed by atoms with van der Waals surface area (Å²) in [4.78, 5) is 30.6. The van der Waals surface area contributed by atoms with Crippen molar-refractivity contribution in [3.8, 4) is 0 Å². The van der Waals surface area contributed by atoms with E-state index in [0.717, 1.165) is 34.7 Å². The second kappa shape index (κ2) is 9.05. The van der Waals surface area contributed by atoms with Crippen LogP contribution in [0.3, 0.4) is 0 Å². The largest absolute Gasteiger partial charge is 0.343 e. The zero-order chi connectivity index (χ0) is 21.1. The Morgan fingerprint density at radius 3 is 2.70 bits per heavy atom. The smallest absolute Gasteiger partial charge is 0.259 e. The van der Waals surface area contributed by atoms with E-state index in [1.807, 2.05) is 40.1 Å². The molecule has 4 rings (SSSR count). The van der Waals surface area contributed by atoms with Gasteiger partial charge in [-0.3, -0.25) is 9.59 Å². The zero-order valence-electron chi connectivity index (χ0n) is 15.8. The van der Waals surface area contributed by atoms with E-state index in [1.54, 1.807) is 41.8 Å². The molecular formula is C22H17FIN3O2S. The lowest BCUT2D eigenvalue weighted by Gasteiger charge is -2.29. The van der Waals surface area contributed by atoms with Crippen LogP contribution >= 0.6 is 33.9 Å². The van der Waals surface area contributed by atoms with Crippen molar-refractivity contribution in [1.29, 1.82) is 0 Å². The highest BCUT2D eigenvalue weighted by molar-refractivity contribution is 14.1. The number of carbonyl (C=O) groups excluding carboxylic acids is 2. The van der Waals surface area contributed by atoms with Crippen molar-refractivity contribution in [2.75, 3.05) is 23.3 Å². The molecule has 0 aliphatic carbocycles. The molecule has 30 heavy (non-hydrogen) atoms. The summed E-state index contributed by atoms with van der Waals surface area (Å²) in [5, 5.41) is 5.60. The first kappa shape index (κ1) is 20.7. The molecule has 0 saturated carbocycles. The van der Waals surface area contributed by atoms with Crippen molar-refractivity contribution in [1.82, 2.24) is 4.98 Å². The number of aldehydes is 1. The Morgan fingerprint density at radius 2 is 2.03 bits per heavy atom. The molecule has 8 heteroatoms. The Morgan fingerprint density at radius 1 is 1.23 bits per heavy atom. The van der Waals surface area contributed by atoms with Gasteiger partial charge in [-0.2, -0.15) is 0 Å². The van der Waals surface area contributed by atoms with Crippen molar-refractivity contribution in [3.63, 3.8) is 0 Å². The number of carbonyl (C=O) groups is 2. The third kappa shape index (κ3) is 4.29. The van der Waals surface area contributed by atoms with Crippen LogP contribution < -0.4 is 10.2 Å². The molecule has 0 spiro atoms. The highest BCUT2D eigenvalue weighted by Crippen LogP contribution is 2.30. The monoisotopic (exact) mass is 533 g/mol. The SMILES string of the molecule is O=CC1=C(c2ccc(NC(=O)c3c(F)cccc3I)cc2)CN(c2nccs2)CC1. The van der Waals surface area contributed by atoms with Crippen LogP contribution in [0.15, 0.2) is 59.6 Å². The number of nitrogens with one attached hydrogen (secondary N) is 1. The van der Waals surface area contributed by atoms with Crippen molar-refractivity contribution in [2.45, 2.75) is 6.42 Å². The summed E-state index contributed by atoms with van der Waals surface area (Å²) in [5.74, 6) is -1.05. The number of nitrogens with zero attached hydrogens (tertiary/aromatic N) is 2. The highest BCUT2D eigenvalue weighted by atomic mass is 127. The summed E-state index contributed by atoms with van der Waals surface area (Å²) in [5.41, 5.74) is 3.23. The molecule has 0 saturated heterocycles. The normalized spacial score (nSPS) is 14.0. The van der Waals surface area contributed by atoms with Gasteiger partial charge >= 0.3 is 0 Å². The summed E-state index contributed by atoms with van der Waals surface area (Å²) in [6.45, 7) is 1.35. The van der Waals surface area contributed by atoms with E-state index in [4.69, 9.17) is 0 Å². The van der Waals surface area contributed by atoms with Gasteiger partial charge in [-0.15, -0.1) is 11.3 Å². The average molecular weight is 533 g/mol. The van der Waals surface area contributed by atoms with Crippen molar-refractivity contribution < 1.29 is 14.0 Å². The number of halogens is 2. The molecule has 3 aromatic rings. The molecule has 2 aromatic carbocycles. The third-order valence-corrected chi connectivity index (χ3v) is 6.63. The molecule has 0 atom stereocenters. The van der Waals surface area contributed by atoms with Crippen LogP contribution in [0.2, 0.25) is 0 Å². The minimum atomic E-state index is -0.554. The molecule has 2 heterocycles. The van der Waals surface area contributed by atoms with Gasteiger partial charge in [-0.1, -0.05) is 18.2 Å². The summed E-state index contributed by atoms with van der Waals surface area (Å²) in [7, 11) is 0. The van der Waals surface area contributed by atoms with Crippen molar-refractivity contribution in [3.05, 3.63) is 80.1 Å².